The fourth-order valence-electron chi connectivity index (χ4n) is 1.29. The van der Waals surface area contributed by atoms with Crippen LogP contribution in [0.1, 0.15) is 17.8 Å². The highest BCUT2D eigenvalue weighted by Crippen LogP contribution is 2.15. The molecule has 0 aliphatic heterocycles. The van der Waals surface area contributed by atoms with Crippen LogP contribution in [0.5, 0.6) is 0 Å². The molecule has 0 unspecified atom stereocenters. The zero-order chi connectivity index (χ0) is 9.80. The van der Waals surface area contributed by atoms with E-state index in [-0.39, 0.29) is 0 Å². The monoisotopic (exact) mass is 184 g/mol. The molecule has 0 saturated heterocycles. The number of hydrogen-bond acceptors (Lipinski definition) is 2. The van der Waals surface area contributed by atoms with Crippen LogP contribution in [0.4, 0.5) is 0 Å². The van der Waals surface area contributed by atoms with Gasteiger partial charge in [-0.2, -0.15) is 0 Å². The topological polar surface area (TPSA) is 25.8 Å². The van der Waals surface area contributed by atoms with Crippen LogP contribution in [0.15, 0.2) is 42.8 Å². The number of aromatic nitrogens is 2. The summed E-state index contributed by atoms with van der Waals surface area (Å²) < 4.78 is 0. The third-order valence-corrected chi connectivity index (χ3v) is 2.06. The van der Waals surface area contributed by atoms with Crippen LogP contribution in [0.3, 0.4) is 0 Å². The van der Waals surface area contributed by atoms with E-state index >= 15 is 0 Å². The minimum Gasteiger partial charge on any atom is -0.258 e. The molecule has 2 heteroatoms. The van der Waals surface area contributed by atoms with Crippen molar-refractivity contribution in [1.29, 1.82) is 0 Å². The van der Waals surface area contributed by atoms with Crippen LogP contribution >= 0.6 is 0 Å². The molecule has 70 valence electrons. The highest BCUT2D eigenvalue weighted by Gasteiger charge is 1.99. The van der Waals surface area contributed by atoms with Crippen molar-refractivity contribution in [1.82, 2.24) is 9.97 Å². The largest absolute Gasteiger partial charge is 0.258 e. The van der Waals surface area contributed by atoms with Gasteiger partial charge in [-0.05, 0) is 13.3 Å². The SMILES string of the molecule is Cc1cnc(C2=CC=CCC=C2)cn1. The van der Waals surface area contributed by atoms with Crippen molar-refractivity contribution in [3.63, 3.8) is 0 Å². The van der Waals surface area contributed by atoms with Crippen LogP contribution in [0, 0.1) is 6.92 Å². The summed E-state index contributed by atoms with van der Waals surface area (Å²) in [6.07, 6.45) is 15.0. The number of hydrogen-bond donors (Lipinski definition) is 0. The van der Waals surface area contributed by atoms with Crippen LogP contribution in [-0.2, 0) is 0 Å². The maximum Gasteiger partial charge on any atom is 0.0885 e. The summed E-state index contributed by atoms with van der Waals surface area (Å²) in [6, 6.07) is 0. The molecule has 0 spiro atoms. The quantitative estimate of drug-likeness (QED) is 0.670. The third kappa shape index (κ3) is 1.96. The molecule has 14 heavy (non-hydrogen) atoms. The zero-order valence-electron chi connectivity index (χ0n) is 8.14. The van der Waals surface area contributed by atoms with E-state index in [1.807, 2.05) is 13.1 Å². The van der Waals surface area contributed by atoms with Gasteiger partial charge in [0.2, 0.25) is 0 Å². The van der Waals surface area contributed by atoms with Gasteiger partial charge >= 0.3 is 0 Å². The summed E-state index contributed by atoms with van der Waals surface area (Å²) in [4.78, 5) is 8.55. The van der Waals surface area contributed by atoms with Gasteiger partial charge in [0.15, 0.2) is 0 Å². The molecular weight excluding hydrogens is 172 g/mol. The lowest BCUT2D eigenvalue weighted by Gasteiger charge is -1.99. The molecular formula is C12H12N2. The molecule has 0 radical (unpaired) electrons. The van der Waals surface area contributed by atoms with Crippen LogP contribution in [0.25, 0.3) is 5.57 Å². The van der Waals surface area contributed by atoms with E-state index in [1.54, 1.807) is 6.20 Å². The summed E-state index contributed by atoms with van der Waals surface area (Å²) in [6.45, 7) is 1.94. The molecule has 1 aromatic rings. The Labute approximate surface area is 83.7 Å². The second-order valence-corrected chi connectivity index (χ2v) is 3.23. The Morgan fingerprint density at radius 3 is 2.86 bits per heavy atom. The smallest absolute Gasteiger partial charge is 0.0885 e. The second kappa shape index (κ2) is 4.01. The van der Waals surface area contributed by atoms with Crippen molar-refractivity contribution < 1.29 is 0 Å². The zero-order valence-corrected chi connectivity index (χ0v) is 8.14. The number of nitrogens with zero attached hydrogens (tertiary/aromatic N) is 2. The van der Waals surface area contributed by atoms with Crippen molar-refractivity contribution >= 4 is 5.57 Å². The van der Waals surface area contributed by atoms with Crippen LogP contribution in [0.2, 0.25) is 0 Å². The Morgan fingerprint density at radius 1 is 1.14 bits per heavy atom. The Bertz CT molecular complexity index is 397. The Balaban J connectivity index is 2.34. The minimum absolute atomic E-state index is 0.929. The summed E-state index contributed by atoms with van der Waals surface area (Å²) in [5.41, 5.74) is 2.99. The van der Waals surface area contributed by atoms with E-state index in [9.17, 15) is 0 Å². The van der Waals surface area contributed by atoms with Gasteiger partial charge in [0.1, 0.15) is 0 Å². The molecule has 2 rings (SSSR count). The fraction of sp³-hybridized carbons (Fsp3) is 0.167. The molecule has 0 aromatic carbocycles. The third-order valence-electron chi connectivity index (χ3n) is 2.06. The van der Waals surface area contributed by atoms with E-state index in [4.69, 9.17) is 0 Å². The number of allylic oxidation sites excluding steroid dienone is 6. The maximum absolute atomic E-state index is 4.33. The Kier molecular flexibility index (Phi) is 2.54. The lowest BCUT2D eigenvalue weighted by molar-refractivity contribution is 1.10. The number of rotatable bonds is 1. The van der Waals surface area contributed by atoms with Crippen LogP contribution < -0.4 is 0 Å². The van der Waals surface area contributed by atoms with Crippen molar-refractivity contribution in [2.75, 3.05) is 0 Å². The summed E-state index contributed by atoms with van der Waals surface area (Å²) in [5, 5.41) is 0. The Morgan fingerprint density at radius 2 is 2.07 bits per heavy atom. The predicted octanol–water partition coefficient (Wildman–Crippen LogP) is 2.68. The first-order valence-corrected chi connectivity index (χ1v) is 4.68. The molecule has 0 atom stereocenters. The molecule has 1 aliphatic rings. The molecule has 0 bridgehead atoms. The van der Waals surface area contributed by atoms with E-state index in [0.29, 0.717) is 0 Å². The fourth-order valence-corrected chi connectivity index (χ4v) is 1.29. The first-order valence-electron chi connectivity index (χ1n) is 4.68. The molecule has 0 N–H and O–H groups in total. The maximum atomic E-state index is 4.33. The van der Waals surface area contributed by atoms with Crippen molar-refractivity contribution in [3.05, 3.63) is 54.2 Å². The van der Waals surface area contributed by atoms with Gasteiger partial charge in [-0.15, -0.1) is 0 Å². The molecule has 2 nitrogen and oxygen atoms in total. The van der Waals surface area contributed by atoms with E-state index in [0.717, 1.165) is 23.4 Å². The number of aryl methyl sites for hydroxylation is 1. The van der Waals surface area contributed by atoms with Gasteiger partial charge < -0.3 is 0 Å². The first kappa shape index (κ1) is 8.88. The van der Waals surface area contributed by atoms with Crippen molar-refractivity contribution in [3.8, 4) is 0 Å². The summed E-state index contributed by atoms with van der Waals surface area (Å²) in [7, 11) is 0. The summed E-state index contributed by atoms with van der Waals surface area (Å²) in [5.74, 6) is 0. The van der Waals surface area contributed by atoms with Crippen molar-refractivity contribution in [2.45, 2.75) is 13.3 Å². The van der Waals surface area contributed by atoms with E-state index in [1.165, 1.54) is 0 Å². The minimum atomic E-state index is 0.929. The molecule has 0 amide bonds. The Hall–Kier alpha value is -1.70. The van der Waals surface area contributed by atoms with Gasteiger partial charge in [0, 0.05) is 11.8 Å². The predicted molar refractivity (Wildman–Crippen MR) is 57.6 cm³/mol. The van der Waals surface area contributed by atoms with E-state index < -0.39 is 0 Å². The highest BCUT2D eigenvalue weighted by molar-refractivity contribution is 5.72. The van der Waals surface area contributed by atoms with Crippen molar-refractivity contribution in [2.24, 2.45) is 0 Å². The highest BCUT2D eigenvalue weighted by atomic mass is 14.8. The average molecular weight is 184 g/mol. The van der Waals surface area contributed by atoms with Gasteiger partial charge in [0.25, 0.3) is 0 Å². The van der Waals surface area contributed by atoms with Gasteiger partial charge in [0.05, 0.1) is 17.6 Å². The molecule has 0 fully saturated rings. The standard InChI is InChI=1S/C12H12N2/c1-10-8-14-12(9-13-10)11-6-4-2-3-5-7-11/h2,4-9H,3H2,1H3. The second-order valence-electron chi connectivity index (χ2n) is 3.23. The van der Waals surface area contributed by atoms with Gasteiger partial charge in [-0.3, -0.25) is 9.97 Å². The van der Waals surface area contributed by atoms with Crippen LogP contribution in [-0.4, -0.2) is 9.97 Å². The molecule has 1 heterocycles. The van der Waals surface area contributed by atoms with E-state index in [2.05, 4.69) is 40.3 Å². The normalized spacial score (nSPS) is 15.1. The van der Waals surface area contributed by atoms with Gasteiger partial charge in [-0.1, -0.05) is 30.4 Å². The lowest BCUT2D eigenvalue weighted by Crippen LogP contribution is -1.90. The van der Waals surface area contributed by atoms with Gasteiger partial charge in [-0.25, -0.2) is 0 Å². The lowest BCUT2D eigenvalue weighted by atomic mass is 10.2. The molecule has 1 aliphatic carbocycles. The molecule has 1 aromatic heterocycles. The first-order chi connectivity index (χ1) is 6.86. The summed E-state index contributed by atoms with van der Waals surface area (Å²) >= 11 is 0. The average Bonchev–Trinajstić information content (AvgIpc) is 2.47. The molecule has 0 saturated carbocycles.